The number of benzene rings is 1. The number of unbranched alkanes of at least 4 members (excludes halogenated alkanes) is 8. The lowest BCUT2D eigenvalue weighted by Crippen LogP contribution is -2.24. The number of hydrogen-bond donors (Lipinski definition) is 0. The van der Waals surface area contributed by atoms with Crippen LogP contribution in [0.3, 0.4) is 0 Å². The van der Waals surface area contributed by atoms with Gasteiger partial charge in [-0.05, 0) is 56.4 Å². The molecule has 0 amide bonds. The SMILES string of the molecule is CCCCCCCCCC1CCC(COc2cc3c(c(F)c2F)OC(CCCCC)CC3)CC1. The lowest BCUT2D eigenvalue weighted by Gasteiger charge is -2.29. The highest BCUT2D eigenvalue weighted by Crippen LogP contribution is 2.38. The van der Waals surface area contributed by atoms with Crippen molar-refractivity contribution >= 4 is 0 Å². The van der Waals surface area contributed by atoms with Gasteiger partial charge < -0.3 is 9.47 Å². The van der Waals surface area contributed by atoms with Crippen LogP contribution in [0.4, 0.5) is 8.78 Å². The lowest BCUT2D eigenvalue weighted by molar-refractivity contribution is 0.146. The van der Waals surface area contributed by atoms with Crippen LogP contribution in [-0.4, -0.2) is 12.7 Å². The largest absolute Gasteiger partial charge is 0.490 e. The molecule has 0 aromatic heterocycles. The van der Waals surface area contributed by atoms with Crippen molar-refractivity contribution in [3.63, 3.8) is 0 Å². The zero-order chi connectivity index (χ0) is 24.2. The second-order valence-corrected chi connectivity index (χ2v) is 10.9. The molecule has 3 rings (SSSR count). The monoisotopic (exact) mass is 478 g/mol. The maximum Gasteiger partial charge on any atom is 0.204 e. The van der Waals surface area contributed by atoms with Crippen molar-refractivity contribution in [1.29, 1.82) is 0 Å². The Bertz CT molecular complexity index is 712. The summed E-state index contributed by atoms with van der Waals surface area (Å²) in [5.74, 6) is -0.292. The van der Waals surface area contributed by atoms with Crippen LogP contribution in [0.15, 0.2) is 6.07 Å². The smallest absolute Gasteiger partial charge is 0.204 e. The number of ether oxygens (including phenoxy) is 2. The standard InChI is InChI=1S/C30H48F2O2/c1-3-5-7-8-9-10-12-13-23-15-17-24(18-16-23)22-33-27-21-25-19-20-26(14-11-6-4-2)34-30(25)29(32)28(27)31/h21,23-24,26H,3-20,22H2,1-2H3. The molecule has 0 N–H and O–H groups in total. The van der Waals surface area contributed by atoms with E-state index in [1.165, 1.54) is 64.2 Å². The van der Waals surface area contributed by atoms with Crippen LogP contribution in [0.1, 0.15) is 129 Å². The van der Waals surface area contributed by atoms with E-state index < -0.39 is 11.6 Å². The number of rotatable bonds is 15. The fraction of sp³-hybridized carbons (Fsp3) is 0.800. The van der Waals surface area contributed by atoms with E-state index in [1.807, 2.05) is 0 Å². The molecule has 0 bridgehead atoms. The van der Waals surface area contributed by atoms with Gasteiger partial charge in [0.15, 0.2) is 11.5 Å². The van der Waals surface area contributed by atoms with E-state index in [9.17, 15) is 8.78 Å². The Hall–Kier alpha value is -1.32. The summed E-state index contributed by atoms with van der Waals surface area (Å²) in [7, 11) is 0. The molecular formula is C30H48F2O2. The molecule has 1 atom stereocenters. The molecule has 1 heterocycles. The minimum atomic E-state index is -0.888. The third kappa shape index (κ3) is 8.41. The minimum Gasteiger partial charge on any atom is -0.490 e. The fourth-order valence-corrected chi connectivity index (χ4v) is 5.71. The van der Waals surface area contributed by atoms with Crippen molar-refractivity contribution in [2.75, 3.05) is 6.61 Å². The average Bonchev–Trinajstić information content (AvgIpc) is 2.86. The van der Waals surface area contributed by atoms with Gasteiger partial charge in [0.25, 0.3) is 0 Å². The van der Waals surface area contributed by atoms with Gasteiger partial charge in [-0.3, -0.25) is 0 Å². The summed E-state index contributed by atoms with van der Waals surface area (Å²) in [6, 6.07) is 1.68. The van der Waals surface area contributed by atoms with Crippen LogP contribution < -0.4 is 9.47 Å². The van der Waals surface area contributed by atoms with Gasteiger partial charge in [-0.25, -0.2) is 0 Å². The van der Waals surface area contributed by atoms with Gasteiger partial charge in [0, 0.05) is 5.56 Å². The highest BCUT2D eigenvalue weighted by atomic mass is 19.2. The van der Waals surface area contributed by atoms with Crippen molar-refractivity contribution in [3.05, 3.63) is 23.3 Å². The van der Waals surface area contributed by atoms with E-state index in [4.69, 9.17) is 9.47 Å². The number of hydrogen-bond acceptors (Lipinski definition) is 2. The van der Waals surface area contributed by atoms with Crippen LogP contribution in [0.25, 0.3) is 0 Å². The highest BCUT2D eigenvalue weighted by Gasteiger charge is 2.28. The van der Waals surface area contributed by atoms with Crippen LogP contribution in [-0.2, 0) is 6.42 Å². The molecule has 1 saturated carbocycles. The molecule has 4 heteroatoms. The number of halogens is 2. The summed E-state index contributed by atoms with van der Waals surface area (Å²) in [5, 5.41) is 0. The van der Waals surface area contributed by atoms with Gasteiger partial charge in [-0.2, -0.15) is 8.78 Å². The van der Waals surface area contributed by atoms with E-state index in [-0.39, 0.29) is 17.6 Å². The van der Waals surface area contributed by atoms with Gasteiger partial charge >= 0.3 is 0 Å². The van der Waals surface area contributed by atoms with Gasteiger partial charge in [0.1, 0.15) is 0 Å². The van der Waals surface area contributed by atoms with Gasteiger partial charge in [-0.15, -0.1) is 0 Å². The molecule has 1 aromatic carbocycles. The molecule has 2 nitrogen and oxygen atoms in total. The molecule has 1 unspecified atom stereocenters. The molecule has 1 fully saturated rings. The predicted octanol–water partition coefficient (Wildman–Crippen LogP) is 9.56. The van der Waals surface area contributed by atoms with Crippen LogP contribution in [0.5, 0.6) is 11.5 Å². The van der Waals surface area contributed by atoms with E-state index in [0.29, 0.717) is 12.5 Å². The Kier molecular flexibility index (Phi) is 12.0. The molecule has 0 radical (unpaired) electrons. The predicted molar refractivity (Wildman–Crippen MR) is 137 cm³/mol. The van der Waals surface area contributed by atoms with Crippen molar-refractivity contribution in [3.8, 4) is 11.5 Å². The molecule has 1 aliphatic heterocycles. The molecule has 34 heavy (non-hydrogen) atoms. The molecule has 0 spiro atoms. The summed E-state index contributed by atoms with van der Waals surface area (Å²) in [6.45, 7) is 4.92. The van der Waals surface area contributed by atoms with Crippen molar-refractivity contribution in [2.24, 2.45) is 11.8 Å². The topological polar surface area (TPSA) is 18.5 Å². The summed E-state index contributed by atoms with van der Waals surface area (Å²) >= 11 is 0. The zero-order valence-electron chi connectivity index (χ0n) is 21.8. The minimum absolute atomic E-state index is 0.00374. The van der Waals surface area contributed by atoms with Crippen LogP contribution >= 0.6 is 0 Å². The summed E-state index contributed by atoms with van der Waals surface area (Å²) in [6.07, 6.45) is 21.6. The van der Waals surface area contributed by atoms with E-state index >= 15 is 0 Å². The van der Waals surface area contributed by atoms with Crippen molar-refractivity contribution in [2.45, 2.75) is 136 Å². The quantitative estimate of drug-likeness (QED) is 0.234. The van der Waals surface area contributed by atoms with Crippen molar-refractivity contribution < 1.29 is 18.3 Å². The first-order valence-corrected chi connectivity index (χ1v) is 14.4. The first-order chi connectivity index (χ1) is 16.6. The third-order valence-corrected chi connectivity index (χ3v) is 8.01. The Morgan fingerprint density at radius 2 is 1.38 bits per heavy atom. The normalized spacial score (nSPS) is 22.3. The lowest BCUT2D eigenvalue weighted by atomic mass is 9.80. The second kappa shape index (κ2) is 14.9. The fourth-order valence-electron chi connectivity index (χ4n) is 5.71. The van der Waals surface area contributed by atoms with E-state index in [1.54, 1.807) is 6.07 Å². The Morgan fingerprint density at radius 3 is 2.12 bits per heavy atom. The Labute approximate surface area is 207 Å². The van der Waals surface area contributed by atoms with Crippen LogP contribution in [0, 0.1) is 23.5 Å². The summed E-state index contributed by atoms with van der Waals surface area (Å²) in [4.78, 5) is 0. The molecule has 0 saturated heterocycles. The van der Waals surface area contributed by atoms with Crippen LogP contribution in [0.2, 0.25) is 0 Å². The third-order valence-electron chi connectivity index (χ3n) is 8.01. The first kappa shape index (κ1) is 27.3. The van der Waals surface area contributed by atoms with Gasteiger partial charge in [0.2, 0.25) is 11.6 Å². The van der Waals surface area contributed by atoms with E-state index in [2.05, 4.69) is 13.8 Å². The summed E-state index contributed by atoms with van der Waals surface area (Å²) < 4.78 is 41.2. The summed E-state index contributed by atoms with van der Waals surface area (Å²) in [5.41, 5.74) is 0.749. The zero-order valence-corrected chi connectivity index (χ0v) is 21.8. The Balaban J connectivity index is 1.38. The molecule has 2 aliphatic rings. The van der Waals surface area contributed by atoms with E-state index in [0.717, 1.165) is 62.8 Å². The Morgan fingerprint density at radius 1 is 0.765 bits per heavy atom. The molecule has 1 aromatic rings. The first-order valence-electron chi connectivity index (χ1n) is 14.4. The molecule has 1 aliphatic carbocycles. The van der Waals surface area contributed by atoms with Crippen molar-refractivity contribution in [1.82, 2.24) is 0 Å². The van der Waals surface area contributed by atoms with Gasteiger partial charge in [-0.1, -0.05) is 90.9 Å². The maximum absolute atomic E-state index is 14.8. The van der Waals surface area contributed by atoms with Gasteiger partial charge in [0.05, 0.1) is 12.7 Å². The number of fused-ring (bicyclic) bond motifs is 1. The number of aryl methyl sites for hydroxylation is 1. The maximum atomic E-state index is 14.8. The molecular weight excluding hydrogens is 430 g/mol. The second-order valence-electron chi connectivity index (χ2n) is 10.9. The highest BCUT2D eigenvalue weighted by molar-refractivity contribution is 5.44. The average molecular weight is 479 g/mol. The molecule has 194 valence electrons.